The van der Waals surface area contributed by atoms with Gasteiger partial charge < -0.3 is 0 Å². The molecule has 1 heterocycles. The molecule has 0 spiro atoms. The minimum Gasteiger partial charge on any atom is -0.292 e. The average Bonchev–Trinajstić information content (AvgIpc) is 2.92. The van der Waals surface area contributed by atoms with Crippen LogP contribution in [0.15, 0.2) is 54.6 Å². The summed E-state index contributed by atoms with van der Waals surface area (Å²) in [5.41, 5.74) is 2.13. The van der Waals surface area contributed by atoms with Crippen molar-refractivity contribution in [1.82, 2.24) is 4.90 Å². The van der Waals surface area contributed by atoms with Crippen LogP contribution in [0.3, 0.4) is 0 Å². The lowest BCUT2D eigenvalue weighted by molar-refractivity contribution is -0.521. The third-order valence-electron chi connectivity index (χ3n) is 4.16. The van der Waals surface area contributed by atoms with Gasteiger partial charge in [-0.3, -0.25) is 15.0 Å². The number of rotatable bonds is 4. The van der Waals surface area contributed by atoms with Crippen LogP contribution >= 0.6 is 11.6 Å². The zero-order valence-electron chi connectivity index (χ0n) is 12.1. The van der Waals surface area contributed by atoms with Crippen LogP contribution in [0.25, 0.3) is 0 Å². The van der Waals surface area contributed by atoms with Gasteiger partial charge in [-0.05, 0) is 23.3 Å². The van der Waals surface area contributed by atoms with E-state index in [0.29, 0.717) is 18.1 Å². The predicted octanol–water partition coefficient (Wildman–Crippen LogP) is 3.58. The first-order valence-electron chi connectivity index (χ1n) is 7.29. The number of likely N-dealkylation sites (tertiary alicyclic amines) is 1. The van der Waals surface area contributed by atoms with Crippen LogP contribution < -0.4 is 0 Å². The van der Waals surface area contributed by atoms with Crippen molar-refractivity contribution in [2.24, 2.45) is 0 Å². The standard InChI is InChI=1S/C17H17ClN2O2/c18-15-8-4-7-14(9-15)16-11-19(12-17(16)20(21)22)10-13-5-2-1-3-6-13/h1-9,16-17H,10-12H2/t16-,17-/m1/s1. The molecule has 5 heteroatoms. The molecule has 0 amide bonds. The van der Waals surface area contributed by atoms with Crippen molar-refractivity contribution in [2.45, 2.75) is 18.5 Å². The molecule has 1 aliphatic rings. The van der Waals surface area contributed by atoms with Gasteiger partial charge in [0.15, 0.2) is 0 Å². The Balaban J connectivity index is 1.79. The van der Waals surface area contributed by atoms with E-state index < -0.39 is 6.04 Å². The van der Waals surface area contributed by atoms with E-state index in [1.54, 1.807) is 6.07 Å². The van der Waals surface area contributed by atoms with E-state index in [4.69, 9.17) is 11.6 Å². The number of nitro groups is 1. The Kier molecular flexibility index (Phi) is 4.41. The summed E-state index contributed by atoms with van der Waals surface area (Å²) in [7, 11) is 0. The van der Waals surface area contributed by atoms with Gasteiger partial charge in [-0.2, -0.15) is 0 Å². The van der Waals surface area contributed by atoms with E-state index in [2.05, 4.69) is 4.90 Å². The first kappa shape index (κ1) is 15.0. The number of nitrogens with zero attached hydrogens (tertiary/aromatic N) is 2. The predicted molar refractivity (Wildman–Crippen MR) is 86.7 cm³/mol. The maximum Gasteiger partial charge on any atom is 0.233 e. The summed E-state index contributed by atoms with van der Waals surface area (Å²) >= 11 is 6.03. The molecule has 0 radical (unpaired) electrons. The van der Waals surface area contributed by atoms with E-state index in [0.717, 1.165) is 12.1 Å². The molecule has 3 rings (SSSR count). The van der Waals surface area contributed by atoms with Gasteiger partial charge in [-0.25, -0.2) is 0 Å². The largest absolute Gasteiger partial charge is 0.292 e. The molecule has 0 N–H and O–H groups in total. The maximum absolute atomic E-state index is 11.4. The molecule has 1 saturated heterocycles. The average molecular weight is 317 g/mol. The second-order valence-electron chi connectivity index (χ2n) is 5.69. The van der Waals surface area contributed by atoms with Crippen LogP contribution in [0, 0.1) is 10.1 Å². The normalized spacial score (nSPS) is 21.9. The molecule has 1 aliphatic heterocycles. The van der Waals surface area contributed by atoms with Gasteiger partial charge in [0.05, 0.1) is 12.5 Å². The smallest absolute Gasteiger partial charge is 0.233 e. The van der Waals surface area contributed by atoms with Gasteiger partial charge in [0.25, 0.3) is 0 Å². The first-order valence-corrected chi connectivity index (χ1v) is 7.66. The summed E-state index contributed by atoms with van der Waals surface area (Å²) in [6, 6.07) is 16.9. The summed E-state index contributed by atoms with van der Waals surface area (Å²) in [5.74, 6) is -0.114. The van der Waals surface area contributed by atoms with Crippen molar-refractivity contribution in [1.29, 1.82) is 0 Å². The third kappa shape index (κ3) is 3.29. The zero-order valence-corrected chi connectivity index (χ0v) is 12.8. The lowest BCUT2D eigenvalue weighted by atomic mass is 9.95. The molecule has 0 aromatic heterocycles. The van der Waals surface area contributed by atoms with Crippen LogP contribution in [0.2, 0.25) is 5.02 Å². The van der Waals surface area contributed by atoms with Crippen molar-refractivity contribution < 1.29 is 4.92 Å². The molecule has 2 aromatic rings. The van der Waals surface area contributed by atoms with E-state index in [1.807, 2.05) is 48.5 Å². The second kappa shape index (κ2) is 6.46. The number of halogens is 1. The summed E-state index contributed by atoms with van der Waals surface area (Å²) in [5, 5.41) is 12.0. The molecule has 0 bridgehead atoms. The fourth-order valence-electron chi connectivity index (χ4n) is 3.12. The Morgan fingerprint density at radius 1 is 1.14 bits per heavy atom. The fourth-order valence-corrected chi connectivity index (χ4v) is 3.31. The monoisotopic (exact) mass is 316 g/mol. The quantitative estimate of drug-likeness (QED) is 0.639. The summed E-state index contributed by atoms with van der Waals surface area (Å²) in [6.07, 6.45) is 0. The minimum absolute atomic E-state index is 0.114. The molecular weight excluding hydrogens is 300 g/mol. The maximum atomic E-state index is 11.4. The van der Waals surface area contributed by atoms with Gasteiger partial charge in [0.2, 0.25) is 6.04 Å². The Morgan fingerprint density at radius 2 is 1.91 bits per heavy atom. The molecule has 0 unspecified atom stereocenters. The van der Waals surface area contributed by atoms with Gasteiger partial charge >= 0.3 is 0 Å². The van der Waals surface area contributed by atoms with Gasteiger partial charge in [0.1, 0.15) is 0 Å². The number of benzene rings is 2. The molecule has 2 aromatic carbocycles. The van der Waals surface area contributed by atoms with Crippen molar-refractivity contribution in [2.75, 3.05) is 13.1 Å². The SMILES string of the molecule is O=[N+]([O-])[C@@H]1CN(Cc2ccccc2)C[C@@H]1c1cccc(Cl)c1. The highest BCUT2D eigenvalue weighted by Crippen LogP contribution is 2.31. The van der Waals surface area contributed by atoms with Crippen LogP contribution in [-0.2, 0) is 6.54 Å². The van der Waals surface area contributed by atoms with Crippen molar-refractivity contribution in [3.63, 3.8) is 0 Å². The number of hydrogen-bond donors (Lipinski definition) is 0. The summed E-state index contributed by atoms with van der Waals surface area (Å²) in [6.45, 7) is 1.89. The summed E-state index contributed by atoms with van der Waals surface area (Å²) < 4.78 is 0. The second-order valence-corrected chi connectivity index (χ2v) is 6.13. The van der Waals surface area contributed by atoms with Crippen molar-refractivity contribution >= 4 is 11.6 Å². The number of hydrogen-bond acceptors (Lipinski definition) is 3. The molecule has 2 atom stereocenters. The third-order valence-corrected chi connectivity index (χ3v) is 4.40. The molecule has 0 saturated carbocycles. The van der Waals surface area contributed by atoms with Crippen molar-refractivity contribution in [3.8, 4) is 0 Å². The molecule has 1 fully saturated rings. The molecule has 0 aliphatic carbocycles. The Morgan fingerprint density at radius 3 is 2.59 bits per heavy atom. The van der Waals surface area contributed by atoms with Crippen molar-refractivity contribution in [3.05, 3.63) is 80.9 Å². The lowest BCUT2D eigenvalue weighted by Crippen LogP contribution is -2.28. The van der Waals surface area contributed by atoms with Crippen LogP contribution in [0.5, 0.6) is 0 Å². The topological polar surface area (TPSA) is 46.4 Å². The lowest BCUT2D eigenvalue weighted by Gasteiger charge is -2.15. The van der Waals surface area contributed by atoms with Gasteiger partial charge in [-0.15, -0.1) is 0 Å². The van der Waals surface area contributed by atoms with E-state index in [-0.39, 0.29) is 10.8 Å². The molecule has 22 heavy (non-hydrogen) atoms. The van der Waals surface area contributed by atoms with Gasteiger partial charge in [0, 0.05) is 23.0 Å². The van der Waals surface area contributed by atoms with Crippen LogP contribution in [0.1, 0.15) is 17.0 Å². The van der Waals surface area contributed by atoms with Crippen LogP contribution in [-0.4, -0.2) is 29.0 Å². The Labute approximate surface area is 134 Å². The highest BCUT2D eigenvalue weighted by Gasteiger charge is 2.41. The van der Waals surface area contributed by atoms with Crippen LogP contribution in [0.4, 0.5) is 0 Å². The summed E-state index contributed by atoms with van der Waals surface area (Å²) in [4.78, 5) is 13.4. The Bertz CT molecular complexity index is 663. The molecule has 114 valence electrons. The van der Waals surface area contributed by atoms with E-state index >= 15 is 0 Å². The van der Waals surface area contributed by atoms with E-state index in [1.165, 1.54) is 5.56 Å². The molecular formula is C17H17ClN2O2. The minimum atomic E-state index is -0.581. The zero-order chi connectivity index (χ0) is 15.5. The highest BCUT2D eigenvalue weighted by molar-refractivity contribution is 6.30. The Hall–Kier alpha value is -1.91. The fraction of sp³-hybridized carbons (Fsp3) is 0.294. The van der Waals surface area contributed by atoms with Gasteiger partial charge in [-0.1, -0.05) is 54.1 Å². The molecule has 4 nitrogen and oxygen atoms in total. The van der Waals surface area contributed by atoms with E-state index in [9.17, 15) is 10.1 Å². The first-order chi connectivity index (χ1) is 10.6. The highest BCUT2D eigenvalue weighted by atomic mass is 35.5.